The lowest BCUT2D eigenvalue weighted by Gasteiger charge is -2.33. The molecule has 0 fully saturated rings. The summed E-state index contributed by atoms with van der Waals surface area (Å²) in [5.74, 6) is 0.348. The van der Waals surface area contributed by atoms with Gasteiger partial charge in [-0.3, -0.25) is 0 Å². The van der Waals surface area contributed by atoms with E-state index in [1.807, 2.05) is 58.0 Å². The van der Waals surface area contributed by atoms with E-state index in [0.29, 0.717) is 19.8 Å². The van der Waals surface area contributed by atoms with Gasteiger partial charge in [0.05, 0.1) is 19.3 Å². The number of hydrogen-bond donors (Lipinski definition) is 2. The van der Waals surface area contributed by atoms with E-state index in [-0.39, 0.29) is 6.04 Å². The van der Waals surface area contributed by atoms with Crippen LogP contribution in [0.1, 0.15) is 70.2 Å². The number of benzene rings is 2. The third-order valence-corrected chi connectivity index (χ3v) is 6.06. The number of hydrogen-bond acceptors (Lipinski definition) is 4. The molecule has 0 radical (unpaired) electrons. The second-order valence-corrected chi connectivity index (χ2v) is 9.18. The van der Waals surface area contributed by atoms with E-state index in [1.165, 1.54) is 19.4 Å². The molecule has 2 aromatic carbocycles. The molecule has 0 spiro atoms. The highest BCUT2D eigenvalue weighted by Crippen LogP contribution is 2.34. The molecule has 0 heterocycles. The molecular weight excluding hydrogens is 444 g/mol. The highest BCUT2D eigenvalue weighted by atomic mass is 16.5. The molecule has 7 nitrogen and oxygen atoms in total. The maximum Gasteiger partial charge on any atom is 0.328 e. The standard InChI is InChI=1S/C28H40N2O5/c1-7-34-24-18-23(19-25(20(24)3)35-8-2)21(4)30(27(33)29-28(5,6)26(31)32)17-13-12-16-22-14-10-9-11-15-22/h9-11,14-15,18-19,21H,7-8,12-13,16-17H2,1-6H3,(H,29,33)(H,31,32)/t21-/m1/s1. The minimum atomic E-state index is -1.39. The molecule has 192 valence electrons. The Morgan fingerprint density at radius 3 is 2.11 bits per heavy atom. The van der Waals surface area contributed by atoms with Gasteiger partial charge in [0, 0.05) is 12.1 Å². The Hall–Kier alpha value is -3.22. The second kappa shape index (κ2) is 13.0. The molecule has 0 aliphatic rings. The number of aliphatic carboxylic acids is 1. The highest BCUT2D eigenvalue weighted by molar-refractivity contribution is 5.85. The van der Waals surface area contributed by atoms with Gasteiger partial charge in [0.25, 0.3) is 0 Å². The van der Waals surface area contributed by atoms with Crippen LogP contribution in [0.3, 0.4) is 0 Å². The Balaban J connectivity index is 2.29. The zero-order chi connectivity index (χ0) is 26.0. The molecule has 7 heteroatoms. The fraction of sp³-hybridized carbons (Fsp3) is 0.500. The second-order valence-electron chi connectivity index (χ2n) is 9.18. The number of carbonyl (C=O) groups is 2. The largest absolute Gasteiger partial charge is 0.493 e. The van der Waals surface area contributed by atoms with Crippen LogP contribution in [-0.4, -0.2) is 47.3 Å². The number of carbonyl (C=O) groups excluding carboxylic acids is 1. The van der Waals surface area contributed by atoms with Gasteiger partial charge >= 0.3 is 12.0 Å². The Morgan fingerprint density at radius 1 is 1.03 bits per heavy atom. The quantitative estimate of drug-likeness (QED) is 0.353. The molecule has 2 N–H and O–H groups in total. The maximum atomic E-state index is 13.3. The van der Waals surface area contributed by atoms with Crippen LogP contribution in [0.15, 0.2) is 42.5 Å². The smallest absolute Gasteiger partial charge is 0.328 e. The monoisotopic (exact) mass is 484 g/mol. The first-order valence-corrected chi connectivity index (χ1v) is 12.4. The van der Waals surface area contributed by atoms with Crippen molar-refractivity contribution in [3.8, 4) is 11.5 Å². The molecule has 0 aliphatic heterocycles. The molecular formula is C28H40N2O5. The third kappa shape index (κ3) is 7.91. The van der Waals surface area contributed by atoms with Crippen molar-refractivity contribution >= 4 is 12.0 Å². The SMILES string of the molecule is CCOc1cc([C@@H](C)N(CCCCc2ccccc2)C(=O)NC(C)(C)C(=O)O)cc(OCC)c1C. The zero-order valence-corrected chi connectivity index (χ0v) is 21.9. The van der Waals surface area contributed by atoms with Crippen molar-refractivity contribution in [2.45, 2.75) is 72.4 Å². The predicted octanol–water partition coefficient (Wildman–Crippen LogP) is 5.75. The van der Waals surface area contributed by atoms with Gasteiger partial charge < -0.3 is 24.8 Å². The van der Waals surface area contributed by atoms with Crippen LogP contribution in [0, 0.1) is 6.92 Å². The average molecular weight is 485 g/mol. The number of nitrogens with zero attached hydrogens (tertiary/aromatic N) is 1. The van der Waals surface area contributed by atoms with Crippen molar-refractivity contribution in [2.75, 3.05) is 19.8 Å². The summed E-state index contributed by atoms with van der Waals surface area (Å²) < 4.78 is 11.7. The van der Waals surface area contributed by atoms with Gasteiger partial charge in [0.2, 0.25) is 0 Å². The van der Waals surface area contributed by atoms with Gasteiger partial charge in [-0.2, -0.15) is 0 Å². The van der Waals surface area contributed by atoms with E-state index in [1.54, 1.807) is 4.90 Å². The number of unbranched alkanes of at least 4 members (excludes halogenated alkanes) is 1. The van der Waals surface area contributed by atoms with Crippen LogP contribution in [0.5, 0.6) is 11.5 Å². The number of urea groups is 1. The van der Waals surface area contributed by atoms with Gasteiger partial charge in [0.1, 0.15) is 17.0 Å². The van der Waals surface area contributed by atoms with Crippen molar-refractivity contribution in [2.24, 2.45) is 0 Å². The number of carboxylic acid groups (broad SMARTS) is 1. The molecule has 0 aliphatic carbocycles. The Bertz CT molecular complexity index is 948. The van der Waals surface area contributed by atoms with E-state index < -0.39 is 17.5 Å². The van der Waals surface area contributed by atoms with Crippen LogP contribution in [0.25, 0.3) is 0 Å². The van der Waals surface area contributed by atoms with Crippen molar-refractivity contribution in [3.63, 3.8) is 0 Å². The zero-order valence-electron chi connectivity index (χ0n) is 21.9. The first-order valence-electron chi connectivity index (χ1n) is 12.4. The number of rotatable bonds is 13. The van der Waals surface area contributed by atoms with E-state index >= 15 is 0 Å². The maximum absolute atomic E-state index is 13.3. The van der Waals surface area contributed by atoms with Crippen LogP contribution in [0.4, 0.5) is 4.79 Å². The average Bonchev–Trinajstić information content (AvgIpc) is 2.81. The van der Waals surface area contributed by atoms with Crippen LogP contribution < -0.4 is 14.8 Å². The van der Waals surface area contributed by atoms with Gasteiger partial charge in [-0.25, -0.2) is 9.59 Å². The first kappa shape index (κ1) is 28.0. The van der Waals surface area contributed by atoms with E-state index in [4.69, 9.17) is 9.47 Å². The summed E-state index contributed by atoms with van der Waals surface area (Å²) in [4.78, 5) is 26.7. The molecule has 2 aromatic rings. The van der Waals surface area contributed by atoms with Crippen LogP contribution in [-0.2, 0) is 11.2 Å². The highest BCUT2D eigenvalue weighted by Gasteiger charge is 2.32. The molecule has 0 unspecified atom stereocenters. The van der Waals surface area contributed by atoms with Crippen molar-refractivity contribution in [3.05, 3.63) is 59.2 Å². The van der Waals surface area contributed by atoms with Crippen LogP contribution in [0.2, 0.25) is 0 Å². The van der Waals surface area contributed by atoms with Crippen molar-refractivity contribution in [1.29, 1.82) is 0 Å². The molecule has 1 atom stereocenters. The minimum Gasteiger partial charge on any atom is -0.493 e. The summed E-state index contributed by atoms with van der Waals surface area (Å²) in [5.41, 5.74) is 1.65. The van der Waals surface area contributed by atoms with E-state index in [9.17, 15) is 14.7 Å². The lowest BCUT2D eigenvalue weighted by atomic mass is 10.0. The number of amides is 2. The normalized spacial score (nSPS) is 12.1. The lowest BCUT2D eigenvalue weighted by Crippen LogP contribution is -2.54. The number of aryl methyl sites for hydroxylation is 1. The molecule has 2 amide bonds. The Labute approximate surface area is 209 Å². The molecule has 0 aromatic heterocycles. The third-order valence-electron chi connectivity index (χ3n) is 6.06. The number of ether oxygens (including phenoxy) is 2. The topological polar surface area (TPSA) is 88.1 Å². The summed E-state index contributed by atoms with van der Waals surface area (Å²) in [6.45, 7) is 12.2. The summed E-state index contributed by atoms with van der Waals surface area (Å²) in [6, 6.07) is 13.4. The molecule has 0 bridgehead atoms. The molecule has 0 saturated heterocycles. The van der Waals surface area contributed by atoms with Crippen molar-refractivity contribution < 1.29 is 24.2 Å². The van der Waals surface area contributed by atoms with E-state index in [2.05, 4.69) is 17.4 Å². The fourth-order valence-corrected chi connectivity index (χ4v) is 3.83. The van der Waals surface area contributed by atoms with E-state index in [0.717, 1.165) is 41.9 Å². The summed E-state index contributed by atoms with van der Waals surface area (Å²) in [6.07, 6.45) is 2.60. The molecule has 0 saturated carbocycles. The lowest BCUT2D eigenvalue weighted by molar-refractivity contribution is -0.143. The fourth-order valence-electron chi connectivity index (χ4n) is 3.83. The van der Waals surface area contributed by atoms with Crippen molar-refractivity contribution in [1.82, 2.24) is 10.2 Å². The predicted molar refractivity (Wildman–Crippen MR) is 138 cm³/mol. The van der Waals surface area contributed by atoms with Gasteiger partial charge in [-0.15, -0.1) is 0 Å². The van der Waals surface area contributed by atoms with Gasteiger partial charge in [0.15, 0.2) is 0 Å². The summed E-state index contributed by atoms with van der Waals surface area (Å²) in [7, 11) is 0. The van der Waals surface area contributed by atoms with Gasteiger partial charge in [-0.1, -0.05) is 30.3 Å². The number of nitrogens with one attached hydrogen (secondary N) is 1. The molecule has 35 heavy (non-hydrogen) atoms. The summed E-state index contributed by atoms with van der Waals surface area (Å²) in [5, 5.41) is 12.2. The van der Waals surface area contributed by atoms with Gasteiger partial charge in [-0.05, 0) is 84.1 Å². The minimum absolute atomic E-state index is 0.324. The number of carboxylic acids is 1. The Morgan fingerprint density at radius 2 is 1.60 bits per heavy atom. The summed E-state index contributed by atoms with van der Waals surface area (Å²) >= 11 is 0. The van der Waals surface area contributed by atoms with Crippen LogP contribution >= 0.6 is 0 Å². The Kier molecular flexibility index (Phi) is 10.4. The first-order chi connectivity index (χ1) is 16.6. The molecule has 2 rings (SSSR count).